The van der Waals surface area contributed by atoms with Crippen LogP contribution in [0, 0.1) is 5.41 Å². The predicted molar refractivity (Wildman–Crippen MR) is 113 cm³/mol. The van der Waals surface area contributed by atoms with E-state index < -0.39 is 6.04 Å². The van der Waals surface area contributed by atoms with Crippen molar-refractivity contribution in [2.24, 2.45) is 11.1 Å². The van der Waals surface area contributed by atoms with Crippen LogP contribution in [0.3, 0.4) is 0 Å². The van der Waals surface area contributed by atoms with Crippen LogP contribution in [0.4, 0.5) is 0 Å². The fourth-order valence-electron chi connectivity index (χ4n) is 4.79. The zero-order valence-electron chi connectivity index (χ0n) is 17.9. The molecule has 7 heteroatoms. The number of nitrogens with one attached hydrogen (secondary N) is 2. The molecule has 1 atom stereocenters. The third kappa shape index (κ3) is 4.27. The van der Waals surface area contributed by atoms with Gasteiger partial charge in [0.2, 0.25) is 11.8 Å². The average Bonchev–Trinajstić information content (AvgIpc) is 3.01. The van der Waals surface area contributed by atoms with E-state index in [-0.39, 0.29) is 29.7 Å². The number of piperidine rings is 1. The summed E-state index contributed by atoms with van der Waals surface area (Å²) >= 11 is 0. The molecule has 1 unspecified atom stereocenters. The number of nitrogens with zero attached hydrogens (tertiary/aromatic N) is 1. The number of hydrogen-bond donors (Lipinski definition) is 3. The van der Waals surface area contributed by atoms with Crippen molar-refractivity contribution in [3.05, 3.63) is 34.9 Å². The normalized spacial score (nSPS) is 25.2. The maximum absolute atomic E-state index is 12.8. The van der Waals surface area contributed by atoms with Gasteiger partial charge in [0.05, 0.1) is 0 Å². The van der Waals surface area contributed by atoms with Gasteiger partial charge in [-0.15, -0.1) is 0 Å². The molecule has 2 heterocycles. The summed E-state index contributed by atoms with van der Waals surface area (Å²) in [7, 11) is 0. The maximum atomic E-state index is 12.8. The number of rotatable bonds is 5. The van der Waals surface area contributed by atoms with E-state index in [4.69, 9.17) is 5.73 Å². The first-order valence-corrected chi connectivity index (χ1v) is 10.9. The first-order chi connectivity index (χ1) is 14.2. The van der Waals surface area contributed by atoms with E-state index >= 15 is 0 Å². The third-order valence-electron chi connectivity index (χ3n) is 6.99. The Kier molecular flexibility index (Phi) is 5.45. The summed E-state index contributed by atoms with van der Waals surface area (Å²) in [6.45, 7) is 6.50. The Morgan fingerprint density at radius 2 is 1.90 bits per heavy atom. The molecule has 0 bridgehead atoms. The van der Waals surface area contributed by atoms with Crippen LogP contribution < -0.4 is 16.4 Å². The monoisotopic (exact) mass is 412 g/mol. The molecule has 0 radical (unpaired) electrons. The second kappa shape index (κ2) is 7.78. The fourth-order valence-corrected chi connectivity index (χ4v) is 4.79. The molecular weight excluding hydrogens is 380 g/mol. The molecule has 3 aliphatic rings. The quantitative estimate of drug-likeness (QED) is 0.640. The van der Waals surface area contributed by atoms with Gasteiger partial charge in [-0.2, -0.15) is 0 Å². The first-order valence-electron chi connectivity index (χ1n) is 10.9. The summed E-state index contributed by atoms with van der Waals surface area (Å²) in [5, 5.41) is 5.84. The van der Waals surface area contributed by atoms with Crippen LogP contribution in [-0.2, 0) is 22.7 Å². The SMILES string of the molecule is CC1(C)CCC(N)(CNCc2ccc3c(c2)CN(C2CCC(=O)NC2=O)C3=O)CC1. The molecule has 2 aliphatic heterocycles. The number of carbonyl (C=O) groups excluding carboxylic acids is 3. The van der Waals surface area contributed by atoms with Crippen LogP contribution in [0.15, 0.2) is 18.2 Å². The van der Waals surface area contributed by atoms with Crippen molar-refractivity contribution in [3.8, 4) is 0 Å². The van der Waals surface area contributed by atoms with Crippen LogP contribution in [0.25, 0.3) is 0 Å². The van der Waals surface area contributed by atoms with Gasteiger partial charge < -0.3 is 16.0 Å². The van der Waals surface area contributed by atoms with E-state index in [9.17, 15) is 14.4 Å². The number of amides is 3. The number of carbonyl (C=O) groups is 3. The van der Waals surface area contributed by atoms with E-state index in [0.29, 0.717) is 30.5 Å². The third-order valence-corrected chi connectivity index (χ3v) is 6.99. The van der Waals surface area contributed by atoms with Gasteiger partial charge in [-0.05, 0) is 54.7 Å². The number of nitrogens with two attached hydrogens (primary N) is 1. The van der Waals surface area contributed by atoms with E-state index in [1.807, 2.05) is 18.2 Å². The summed E-state index contributed by atoms with van der Waals surface area (Å²) in [5.41, 5.74) is 9.53. The lowest BCUT2D eigenvalue weighted by molar-refractivity contribution is -0.136. The lowest BCUT2D eigenvalue weighted by Crippen LogP contribution is -2.52. The molecule has 30 heavy (non-hydrogen) atoms. The Labute approximate surface area is 177 Å². The molecule has 0 aromatic heterocycles. The molecule has 7 nitrogen and oxygen atoms in total. The number of fused-ring (bicyclic) bond motifs is 1. The minimum absolute atomic E-state index is 0.135. The van der Waals surface area contributed by atoms with Gasteiger partial charge in [0.15, 0.2) is 0 Å². The van der Waals surface area contributed by atoms with Gasteiger partial charge in [0, 0.05) is 37.2 Å². The molecule has 162 valence electrons. The number of benzene rings is 1. The van der Waals surface area contributed by atoms with Crippen LogP contribution in [0.2, 0.25) is 0 Å². The van der Waals surface area contributed by atoms with E-state index in [1.165, 1.54) is 0 Å². The highest BCUT2D eigenvalue weighted by Gasteiger charge is 2.39. The second-order valence-electron chi connectivity index (χ2n) is 10.0. The molecule has 3 amide bonds. The summed E-state index contributed by atoms with van der Waals surface area (Å²) < 4.78 is 0. The molecular formula is C23H32N4O3. The smallest absolute Gasteiger partial charge is 0.255 e. The van der Waals surface area contributed by atoms with Gasteiger partial charge in [-0.25, -0.2) is 0 Å². The van der Waals surface area contributed by atoms with Gasteiger partial charge >= 0.3 is 0 Å². The molecule has 1 aliphatic carbocycles. The van der Waals surface area contributed by atoms with Gasteiger partial charge in [0.25, 0.3) is 5.91 Å². The highest BCUT2D eigenvalue weighted by atomic mass is 16.2. The highest BCUT2D eigenvalue weighted by molar-refractivity contribution is 6.05. The minimum Gasteiger partial charge on any atom is -0.324 e. The molecule has 1 saturated heterocycles. The van der Waals surface area contributed by atoms with E-state index in [1.54, 1.807) is 4.90 Å². The molecule has 0 spiro atoms. The van der Waals surface area contributed by atoms with E-state index in [0.717, 1.165) is 43.4 Å². The van der Waals surface area contributed by atoms with Crippen molar-refractivity contribution in [1.29, 1.82) is 0 Å². The number of hydrogen-bond acceptors (Lipinski definition) is 5. The topological polar surface area (TPSA) is 105 Å². The van der Waals surface area contributed by atoms with Crippen molar-refractivity contribution in [3.63, 3.8) is 0 Å². The van der Waals surface area contributed by atoms with Crippen LogP contribution in [0.5, 0.6) is 0 Å². The van der Waals surface area contributed by atoms with Crippen molar-refractivity contribution >= 4 is 17.7 Å². The lowest BCUT2D eigenvalue weighted by Gasteiger charge is -2.41. The fraction of sp³-hybridized carbons (Fsp3) is 0.609. The van der Waals surface area contributed by atoms with E-state index in [2.05, 4.69) is 24.5 Å². The van der Waals surface area contributed by atoms with Crippen molar-refractivity contribution in [2.75, 3.05) is 6.54 Å². The van der Waals surface area contributed by atoms with Crippen molar-refractivity contribution in [2.45, 2.75) is 77.0 Å². The molecule has 1 aromatic carbocycles. The molecule has 2 fully saturated rings. The maximum Gasteiger partial charge on any atom is 0.255 e. The number of imide groups is 1. The van der Waals surface area contributed by atoms with Gasteiger partial charge in [-0.1, -0.05) is 26.0 Å². The van der Waals surface area contributed by atoms with Gasteiger partial charge in [-0.3, -0.25) is 19.7 Å². The second-order valence-corrected chi connectivity index (χ2v) is 10.0. The summed E-state index contributed by atoms with van der Waals surface area (Å²) in [6.07, 6.45) is 5.03. The minimum atomic E-state index is -0.572. The standard InChI is InChI=1S/C23H32N4O3/c1-22(2)7-9-23(24,10-8-22)14-25-12-15-3-4-17-16(11-15)13-27(21(17)30)18-5-6-19(28)26-20(18)29/h3-4,11,18,25H,5-10,12-14,24H2,1-2H3,(H,26,28,29). The lowest BCUT2D eigenvalue weighted by atomic mass is 9.70. The summed E-state index contributed by atoms with van der Waals surface area (Å²) in [5.74, 6) is -0.782. The Morgan fingerprint density at radius 1 is 1.17 bits per heavy atom. The van der Waals surface area contributed by atoms with Crippen molar-refractivity contribution < 1.29 is 14.4 Å². The van der Waals surface area contributed by atoms with Crippen LogP contribution in [-0.4, -0.2) is 40.7 Å². The Balaban J connectivity index is 1.35. The van der Waals surface area contributed by atoms with Crippen LogP contribution in [0.1, 0.15) is 73.9 Å². The van der Waals surface area contributed by atoms with Gasteiger partial charge in [0.1, 0.15) is 6.04 Å². The average molecular weight is 413 g/mol. The Hall–Kier alpha value is -2.25. The highest BCUT2D eigenvalue weighted by Crippen LogP contribution is 2.38. The largest absolute Gasteiger partial charge is 0.324 e. The summed E-state index contributed by atoms with van der Waals surface area (Å²) in [6, 6.07) is 5.28. The van der Waals surface area contributed by atoms with Crippen molar-refractivity contribution in [1.82, 2.24) is 15.5 Å². The molecule has 4 rings (SSSR count). The first kappa shape index (κ1) is 21.0. The molecule has 4 N–H and O–H groups in total. The summed E-state index contributed by atoms with van der Waals surface area (Å²) in [4.78, 5) is 37.9. The zero-order valence-corrected chi connectivity index (χ0v) is 17.9. The zero-order chi connectivity index (χ0) is 21.5. The predicted octanol–water partition coefficient (Wildman–Crippen LogP) is 1.83. The van der Waals surface area contributed by atoms with Crippen LogP contribution >= 0.6 is 0 Å². The Morgan fingerprint density at radius 3 is 2.60 bits per heavy atom. The molecule has 1 saturated carbocycles. The molecule has 1 aromatic rings. The Bertz CT molecular complexity index is 869.